The summed E-state index contributed by atoms with van der Waals surface area (Å²) in [6, 6.07) is 11.5. The quantitative estimate of drug-likeness (QED) is 0.671. The summed E-state index contributed by atoms with van der Waals surface area (Å²) in [6.45, 7) is 2.67. The molecule has 1 aromatic heterocycles. The van der Waals surface area contributed by atoms with Gasteiger partial charge in [-0.25, -0.2) is 4.79 Å². The Morgan fingerprint density at radius 1 is 1.10 bits per heavy atom. The lowest BCUT2D eigenvalue weighted by molar-refractivity contribution is 0.188. The molecule has 0 saturated carbocycles. The molecule has 0 bridgehead atoms. The third kappa shape index (κ3) is 3.80. The average Bonchev–Trinajstić information content (AvgIpc) is 3.01. The lowest BCUT2D eigenvalue weighted by Crippen LogP contribution is -2.35. The summed E-state index contributed by atoms with van der Waals surface area (Å²) in [4.78, 5) is 14.9. The molecule has 0 fully saturated rings. The van der Waals surface area contributed by atoms with Gasteiger partial charge in [0.25, 0.3) is 0 Å². The summed E-state index contributed by atoms with van der Waals surface area (Å²) >= 11 is 0. The van der Waals surface area contributed by atoms with Gasteiger partial charge in [-0.05, 0) is 35.7 Å². The zero-order valence-electron chi connectivity index (χ0n) is 17.6. The van der Waals surface area contributed by atoms with Crippen LogP contribution in [0.1, 0.15) is 11.1 Å². The number of anilines is 1. The number of benzene rings is 2. The number of urea groups is 1. The molecule has 0 aliphatic carbocycles. The topological polar surface area (TPSA) is 65.0 Å². The van der Waals surface area contributed by atoms with Gasteiger partial charge < -0.3 is 29.0 Å². The summed E-state index contributed by atoms with van der Waals surface area (Å²) in [6.07, 6.45) is 3.00. The fourth-order valence-corrected chi connectivity index (χ4v) is 4.03. The molecule has 7 nitrogen and oxygen atoms in total. The van der Waals surface area contributed by atoms with Crippen molar-refractivity contribution < 1.29 is 19.0 Å². The van der Waals surface area contributed by atoms with Crippen LogP contribution in [-0.2, 0) is 24.2 Å². The monoisotopic (exact) mass is 409 g/mol. The highest BCUT2D eigenvalue weighted by atomic mass is 16.5. The molecule has 0 atom stereocenters. The third-order valence-corrected chi connectivity index (χ3v) is 5.56. The summed E-state index contributed by atoms with van der Waals surface area (Å²) in [5.74, 6) is 1.25. The minimum absolute atomic E-state index is 0.157. The van der Waals surface area contributed by atoms with Gasteiger partial charge in [0.15, 0.2) is 0 Å². The average molecular weight is 409 g/mol. The minimum Gasteiger partial charge on any atom is -0.497 e. The van der Waals surface area contributed by atoms with Crippen molar-refractivity contribution in [2.45, 2.75) is 19.5 Å². The molecule has 7 heteroatoms. The fraction of sp³-hybridized carbons (Fsp3) is 0.348. The predicted molar refractivity (Wildman–Crippen MR) is 116 cm³/mol. The van der Waals surface area contributed by atoms with Crippen LogP contribution in [0.5, 0.6) is 11.5 Å². The van der Waals surface area contributed by atoms with Crippen LogP contribution in [0.2, 0.25) is 0 Å². The van der Waals surface area contributed by atoms with Gasteiger partial charge in [0.2, 0.25) is 0 Å². The number of nitrogens with zero attached hydrogens (tertiary/aromatic N) is 2. The second-order valence-electron chi connectivity index (χ2n) is 7.32. The van der Waals surface area contributed by atoms with Gasteiger partial charge in [-0.3, -0.25) is 0 Å². The number of rotatable bonds is 6. The molecule has 0 unspecified atom stereocenters. The number of aromatic nitrogens is 1. The van der Waals surface area contributed by atoms with E-state index in [4.69, 9.17) is 14.2 Å². The number of carbonyl (C=O) groups excluding carboxylic acids is 1. The molecule has 3 aromatic rings. The molecule has 30 heavy (non-hydrogen) atoms. The molecule has 0 saturated heterocycles. The number of nitrogens with one attached hydrogen (secondary N) is 1. The van der Waals surface area contributed by atoms with E-state index in [0.717, 1.165) is 18.5 Å². The summed E-state index contributed by atoms with van der Waals surface area (Å²) < 4.78 is 18.2. The van der Waals surface area contributed by atoms with Gasteiger partial charge in [-0.15, -0.1) is 0 Å². The Labute approximate surface area is 176 Å². The predicted octanol–water partition coefficient (Wildman–Crippen LogP) is 3.90. The van der Waals surface area contributed by atoms with Crippen molar-refractivity contribution in [3.05, 3.63) is 53.7 Å². The van der Waals surface area contributed by atoms with E-state index in [9.17, 15) is 4.79 Å². The summed E-state index contributed by atoms with van der Waals surface area (Å²) in [5, 5.41) is 4.24. The SMILES string of the molecule is COCCn1cc2c3c(cccc31)CN(C(=O)Nc1cc(OC)ccc1OC)CC2. The van der Waals surface area contributed by atoms with E-state index in [-0.39, 0.29) is 6.03 Å². The normalized spacial score (nSPS) is 13.2. The lowest BCUT2D eigenvalue weighted by atomic mass is 10.1. The van der Waals surface area contributed by atoms with Gasteiger partial charge >= 0.3 is 6.03 Å². The Bertz CT molecular complexity index is 1060. The highest BCUT2D eigenvalue weighted by Crippen LogP contribution is 2.32. The van der Waals surface area contributed by atoms with Gasteiger partial charge in [-0.2, -0.15) is 0 Å². The molecule has 2 amide bonds. The van der Waals surface area contributed by atoms with Crippen LogP contribution in [0.3, 0.4) is 0 Å². The lowest BCUT2D eigenvalue weighted by Gasteiger charge is -2.22. The standard InChI is InChI=1S/C23H27N3O4/c1-28-12-11-25-14-17-9-10-26(15-16-5-4-6-20(25)22(16)17)23(27)24-19-13-18(29-2)7-8-21(19)30-3/h4-8,13-14H,9-12,15H2,1-3H3,(H,24,27). The second kappa shape index (κ2) is 8.67. The Hall–Kier alpha value is -3.19. The maximum absolute atomic E-state index is 13.1. The second-order valence-corrected chi connectivity index (χ2v) is 7.32. The molecule has 158 valence electrons. The molecule has 0 spiro atoms. The number of methoxy groups -OCH3 is 3. The smallest absolute Gasteiger partial charge is 0.322 e. The van der Waals surface area contributed by atoms with Gasteiger partial charge in [0, 0.05) is 49.9 Å². The van der Waals surface area contributed by atoms with Crippen LogP contribution in [0.15, 0.2) is 42.6 Å². The number of carbonyl (C=O) groups is 1. The maximum Gasteiger partial charge on any atom is 0.322 e. The Morgan fingerprint density at radius 3 is 2.73 bits per heavy atom. The van der Waals surface area contributed by atoms with Crippen molar-refractivity contribution >= 4 is 22.6 Å². The molecule has 1 aliphatic heterocycles. The van der Waals surface area contributed by atoms with Crippen molar-refractivity contribution in [2.24, 2.45) is 0 Å². The van der Waals surface area contributed by atoms with Gasteiger partial charge in [0.05, 0.1) is 26.5 Å². The van der Waals surface area contributed by atoms with Crippen LogP contribution in [0.25, 0.3) is 10.9 Å². The first kappa shape index (κ1) is 20.1. The Kier molecular flexibility index (Phi) is 5.81. The minimum atomic E-state index is -0.157. The van der Waals surface area contributed by atoms with Crippen LogP contribution >= 0.6 is 0 Å². The highest BCUT2D eigenvalue weighted by molar-refractivity contribution is 5.93. The zero-order chi connectivity index (χ0) is 21.1. The van der Waals surface area contributed by atoms with E-state index in [0.29, 0.717) is 36.9 Å². The van der Waals surface area contributed by atoms with Gasteiger partial charge in [-0.1, -0.05) is 12.1 Å². The highest BCUT2D eigenvalue weighted by Gasteiger charge is 2.23. The molecule has 2 aromatic carbocycles. The van der Waals surface area contributed by atoms with E-state index in [1.807, 2.05) is 4.90 Å². The first-order chi connectivity index (χ1) is 14.6. The third-order valence-electron chi connectivity index (χ3n) is 5.56. The summed E-state index contributed by atoms with van der Waals surface area (Å²) in [7, 11) is 4.90. The molecule has 0 radical (unpaired) electrons. The van der Waals surface area contributed by atoms with E-state index < -0.39 is 0 Å². The van der Waals surface area contributed by atoms with E-state index in [1.54, 1.807) is 39.5 Å². The molecule has 2 heterocycles. The largest absolute Gasteiger partial charge is 0.497 e. The Morgan fingerprint density at radius 2 is 1.97 bits per heavy atom. The summed E-state index contributed by atoms with van der Waals surface area (Å²) in [5.41, 5.74) is 4.21. The van der Waals surface area contributed by atoms with Crippen LogP contribution < -0.4 is 14.8 Å². The van der Waals surface area contributed by atoms with Crippen molar-refractivity contribution in [3.8, 4) is 11.5 Å². The molecule has 1 N–H and O–H groups in total. The van der Waals surface area contributed by atoms with Crippen molar-refractivity contribution in [1.29, 1.82) is 0 Å². The van der Waals surface area contributed by atoms with Gasteiger partial charge in [0.1, 0.15) is 11.5 Å². The van der Waals surface area contributed by atoms with E-state index in [2.05, 4.69) is 34.3 Å². The Balaban J connectivity index is 1.58. The zero-order valence-corrected chi connectivity index (χ0v) is 17.6. The first-order valence-electron chi connectivity index (χ1n) is 10.0. The number of hydrogen-bond donors (Lipinski definition) is 1. The molecular weight excluding hydrogens is 382 g/mol. The molecule has 1 aliphatic rings. The number of hydrogen-bond acceptors (Lipinski definition) is 4. The van der Waals surface area contributed by atoms with Crippen LogP contribution in [0, 0.1) is 0 Å². The molecule has 4 rings (SSSR count). The number of amides is 2. The van der Waals surface area contributed by atoms with E-state index >= 15 is 0 Å². The van der Waals surface area contributed by atoms with Crippen molar-refractivity contribution in [1.82, 2.24) is 9.47 Å². The molecular formula is C23H27N3O4. The van der Waals surface area contributed by atoms with Crippen molar-refractivity contribution in [3.63, 3.8) is 0 Å². The first-order valence-corrected chi connectivity index (χ1v) is 10.0. The fourth-order valence-electron chi connectivity index (χ4n) is 4.03. The maximum atomic E-state index is 13.1. The van der Waals surface area contributed by atoms with Crippen LogP contribution in [0.4, 0.5) is 10.5 Å². The van der Waals surface area contributed by atoms with E-state index in [1.165, 1.54) is 16.5 Å². The van der Waals surface area contributed by atoms with Crippen LogP contribution in [-0.4, -0.2) is 50.0 Å². The number of ether oxygens (including phenoxy) is 3. The van der Waals surface area contributed by atoms with Crippen molar-refractivity contribution in [2.75, 3.05) is 39.8 Å².